The molecule has 1 amide bonds. The van der Waals surface area contributed by atoms with Crippen LogP contribution in [0.25, 0.3) is 11.2 Å². The molecule has 5 heterocycles. The van der Waals surface area contributed by atoms with Gasteiger partial charge in [-0.3, -0.25) is 9.78 Å². The second-order valence-corrected chi connectivity index (χ2v) is 6.56. The number of fused-ring (bicyclic) bond motifs is 2. The third-order valence-corrected chi connectivity index (χ3v) is 4.82. The number of aromatic amines is 1. The van der Waals surface area contributed by atoms with E-state index < -0.39 is 0 Å². The molecule has 1 aliphatic heterocycles. The number of pyridine rings is 2. The Kier molecular flexibility index (Phi) is 3.67. The maximum absolute atomic E-state index is 12.9. The van der Waals surface area contributed by atoms with Crippen molar-refractivity contribution in [3.8, 4) is 0 Å². The topological polar surface area (TPSA) is 92.6 Å². The van der Waals surface area contributed by atoms with Gasteiger partial charge < -0.3 is 14.5 Å². The van der Waals surface area contributed by atoms with Crippen LogP contribution in [0.4, 0.5) is 0 Å². The van der Waals surface area contributed by atoms with E-state index in [-0.39, 0.29) is 5.91 Å². The fourth-order valence-corrected chi connectivity index (χ4v) is 3.42. The summed E-state index contributed by atoms with van der Waals surface area (Å²) in [6.07, 6.45) is 7.57. The van der Waals surface area contributed by atoms with Gasteiger partial charge in [-0.15, -0.1) is 0 Å². The maximum Gasteiger partial charge on any atom is 0.255 e. The first-order valence-electron chi connectivity index (χ1n) is 8.79. The van der Waals surface area contributed by atoms with Crippen LogP contribution in [-0.2, 0) is 19.5 Å². The Hall–Kier alpha value is -3.55. The predicted octanol–water partition coefficient (Wildman–Crippen LogP) is 1.80. The van der Waals surface area contributed by atoms with Crippen LogP contribution in [0, 0.1) is 0 Å². The molecule has 0 aromatic carbocycles. The van der Waals surface area contributed by atoms with E-state index in [0.717, 1.165) is 29.1 Å². The lowest BCUT2D eigenvalue weighted by molar-refractivity contribution is 0.0731. The number of carbonyl (C=O) groups excluding carboxylic acids is 1. The standard InChI is InChI=1S/C19H17N7O/c27-19(25-6-4-15-17(10-25)23-11-22-15)13-7-16-18(21-8-13)26(12-24-16)9-14-3-1-2-5-20-14/h1-3,5,7-8,11-12H,4,6,9-10H2,(H,22,23). The van der Waals surface area contributed by atoms with E-state index in [4.69, 9.17) is 0 Å². The van der Waals surface area contributed by atoms with E-state index in [1.807, 2.05) is 33.7 Å². The quantitative estimate of drug-likeness (QED) is 0.602. The molecule has 0 aliphatic carbocycles. The van der Waals surface area contributed by atoms with Crippen molar-refractivity contribution in [3.05, 3.63) is 72.0 Å². The second-order valence-electron chi connectivity index (χ2n) is 6.56. The molecule has 5 rings (SSSR count). The summed E-state index contributed by atoms with van der Waals surface area (Å²) in [4.78, 5) is 35.3. The number of carbonyl (C=O) groups is 1. The van der Waals surface area contributed by atoms with Crippen LogP contribution in [0.5, 0.6) is 0 Å². The van der Waals surface area contributed by atoms with E-state index >= 15 is 0 Å². The minimum Gasteiger partial charge on any atom is -0.347 e. The third-order valence-electron chi connectivity index (χ3n) is 4.82. The van der Waals surface area contributed by atoms with Gasteiger partial charge in [-0.25, -0.2) is 15.0 Å². The summed E-state index contributed by atoms with van der Waals surface area (Å²) in [6.45, 7) is 1.79. The zero-order valence-electron chi connectivity index (χ0n) is 14.5. The molecule has 1 aliphatic rings. The highest BCUT2D eigenvalue weighted by atomic mass is 16.2. The van der Waals surface area contributed by atoms with Gasteiger partial charge in [0.15, 0.2) is 5.65 Å². The first kappa shape index (κ1) is 15.7. The normalized spacial score (nSPS) is 13.7. The number of rotatable bonds is 3. The van der Waals surface area contributed by atoms with Gasteiger partial charge >= 0.3 is 0 Å². The SMILES string of the molecule is O=C(c1cnc2c(c1)ncn2Cc1ccccn1)N1CCc2nc[nH]c2C1. The summed E-state index contributed by atoms with van der Waals surface area (Å²) in [5.74, 6) is -0.0380. The lowest BCUT2D eigenvalue weighted by Gasteiger charge is -2.26. The number of imidazole rings is 2. The molecule has 0 spiro atoms. The molecule has 8 heteroatoms. The molecule has 0 unspecified atom stereocenters. The van der Waals surface area contributed by atoms with Gasteiger partial charge in [0.05, 0.1) is 48.4 Å². The Labute approximate surface area is 154 Å². The van der Waals surface area contributed by atoms with Crippen LogP contribution >= 0.6 is 0 Å². The Bertz CT molecular complexity index is 1120. The van der Waals surface area contributed by atoms with Crippen LogP contribution in [0.1, 0.15) is 27.4 Å². The van der Waals surface area contributed by atoms with Crippen molar-refractivity contribution < 1.29 is 4.79 Å². The number of nitrogens with zero attached hydrogens (tertiary/aromatic N) is 6. The zero-order valence-corrected chi connectivity index (χ0v) is 14.5. The zero-order chi connectivity index (χ0) is 18.2. The maximum atomic E-state index is 12.9. The summed E-state index contributed by atoms with van der Waals surface area (Å²) in [5, 5.41) is 0. The van der Waals surface area contributed by atoms with Gasteiger partial charge in [0.2, 0.25) is 0 Å². The lowest BCUT2D eigenvalue weighted by Crippen LogP contribution is -2.36. The summed E-state index contributed by atoms with van der Waals surface area (Å²) < 4.78 is 1.93. The van der Waals surface area contributed by atoms with Gasteiger partial charge in [0, 0.05) is 25.4 Å². The molecule has 0 fully saturated rings. The second kappa shape index (κ2) is 6.31. The Morgan fingerprint density at radius 2 is 2.15 bits per heavy atom. The van der Waals surface area contributed by atoms with Crippen molar-refractivity contribution in [1.29, 1.82) is 0 Å². The number of aromatic nitrogens is 6. The Balaban J connectivity index is 1.40. The average Bonchev–Trinajstić information content (AvgIpc) is 3.34. The molecular formula is C19H17N7O. The van der Waals surface area contributed by atoms with Crippen LogP contribution in [0.2, 0.25) is 0 Å². The number of hydrogen-bond acceptors (Lipinski definition) is 5. The third kappa shape index (κ3) is 2.84. The molecule has 1 N–H and O–H groups in total. The summed E-state index contributed by atoms with van der Waals surface area (Å²) in [7, 11) is 0. The van der Waals surface area contributed by atoms with E-state index in [1.165, 1.54) is 0 Å². The average molecular weight is 359 g/mol. The van der Waals surface area contributed by atoms with E-state index in [0.29, 0.717) is 30.7 Å². The van der Waals surface area contributed by atoms with Gasteiger partial charge in [0.25, 0.3) is 5.91 Å². The van der Waals surface area contributed by atoms with Gasteiger partial charge in [-0.1, -0.05) is 6.07 Å². The molecule has 0 saturated carbocycles. The van der Waals surface area contributed by atoms with Crippen molar-refractivity contribution >= 4 is 17.1 Å². The molecule has 8 nitrogen and oxygen atoms in total. The van der Waals surface area contributed by atoms with Crippen molar-refractivity contribution in [3.63, 3.8) is 0 Å². The minimum atomic E-state index is -0.0380. The molecule has 4 aromatic rings. The minimum absolute atomic E-state index is 0.0380. The van der Waals surface area contributed by atoms with E-state index in [1.54, 1.807) is 25.0 Å². The van der Waals surface area contributed by atoms with Gasteiger partial charge in [-0.2, -0.15) is 0 Å². The van der Waals surface area contributed by atoms with Gasteiger partial charge in [0.1, 0.15) is 5.52 Å². The fraction of sp³-hybridized carbons (Fsp3) is 0.211. The molecule has 134 valence electrons. The summed E-state index contributed by atoms with van der Waals surface area (Å²) >= 11 is 0. The fourth-order valence-electron chi connectivity index (χ4n) is 3.42. The van der Waals surface area contributed by atoms with Crippen molar-refractivity contribution in [2.75, 3.05) is 6.54 Å². The highest BCUT2D eigenvalue weighted by Crippen LogP contribution is 2.19. The Morgan fingerprint density at radius 1 is 1.19 bits per heavy atom. The lowest BCUT2D eigenvalue weighted by atomic mass is 10.1. The van der Waals surface area contributed by atoms with E-state index in [2.05, 4.69) is 24.9 Å². The first-order valence-corrected chi connectivity index (χ1v) is 8.79. The van der Waals surface area contributed by atoms with Crippen LogP contribution < -0.4 is 0 Å². The molecule has 0 bridgehead atoms. The largest absolute Gasteiger partial charge is 0.347 e. The highest BCUT2D eigenvalue weighted by Gasteiger charge is 2.24. The number of amides is 1. The molecule has 0 saturated heterocycles. The van der Waals surface area contributed by atoms with Crippen molar-refractivity contribution in [2.24, 2.45) is 0 Å². The van der Waals surface area contributed by atoms with Crippen LogP contribution in [0.15, 0.2) is 49.3 Å². The monoisotopic (exact) mass is 359 g/mol. The Morgan fingerprint density at radius 3 is 3.04 bits per heavy atom. The highest BCUT2D eigenvalue weighted by molar-refractivity contribution is 5.96. The number of hydrogen-bond donors (Lipinski definition) is 1. The molecule has 0 atom stereocenters. The number of H-pyrrole nitrogens is 1. The molecule has 0 radical (unpaired) electrons. The predicted molar refractivity (Wildman–Crippen MR) is 97.9 cm³/mol. The first-order chi connectivity index (χ1) is 13.3. The molecule has 4 aromatic heterocycles. The van der Waals surface area contributed by atoms with Crippen LogP contribution in [-0.4, -0.2) is 46.8 Å². The van der Waals surface area contributed by atoms with Crippen molar-refractivity contribution in [1.82, 2.24) is 34.4 Å². The summed E-state index contributed by atoms with van der Waals surface area (Å²) in [5.41, 5.74) is 4.97. The smallest absolute Gasteiger partial charge is 0.255 e. The molecular weight excluding hydrogens is 342 g/mol. The number of nitrogens with one attached hydrogen (secondary N) is 1. The molecule has 27 heavy (non-hydrogen) atoms. The van der Waals surface area contributed by atoms with E-state index in [9.17, 15) is 4.79 Å². The van der Waals surface area contributed by atoms with Crippen LogP contribution in [0.3, 0.4) is 0 Å². The summed E-state index contributed by atoms with van der Waals surface area (Å²) in [6, 6.07) is 7.61. The van der Waals surface area contributed by atoms with Crippen molar-refractivity contribution in [2.45, 2.75) is 19.5 Å². The van der Waals surface area contributed by atoms with Gasteiger partial charge in [-0.05, 0) is 18.2 Å².